The summed E-state index contributed by atoms with van der Waals surface area (Å²) < 4.78 is 11.3. The van der Waals surface area contributed by atoms with Crippen molar-refractivity contribution in [1.29, 1.82) is 0 Å². The molecule has 0 heterocycles. The summed E-state index contributed by atoms with van der Waals surface area (Å²) >= 11 is 5.90. The van der Waals surface area contributed by atoms with Crippen LogP contribution in [-0.2, 0) is 4.79 Å². The molecule has 0 radical (unpaired) electrons. The maximum atomic E-state index is 13.1. The van der Waals surface area contributed by atoms with Gasteiger partial charge in [-0.25, -0.2) is 4.79 Å². The highest BCUT2D eigenvalue weighted by atomic mass is 35.5. The van der Waals surface area contributed by atoms with Gasteiger partial charge in [0.25, 0.3) is 0 Å². The summed E-state index contributed by atoms with van der Waals surface area (Å²) in [4.78, 5) is 25.8. The fourth-order valence-corrected chi connectivity index (χ4v) is 6.85. The average molecular weight is 467 g/mol. The average Bonchev–Trinajstić information content (AvgIpc) is 2.74. The standard InChI is InChI=1S/C28H31ClO4/c1-27(2,33-24-9-5-22(29)6-10-24)26(31)32-23-7-3-21(4-8-23)25(30)17-28-14-18-11-19(15-28)13-20(12-18)16-28/h3-10,18-20H,11-17H2,1-2H3. The van der Waals surface area contributed by atoms with Gasteiger partial charge in [-0.2, -0.15) is 0 Å². The number of carbonyl (C=O) groups excluding carboxylic acids is 2. The lowest BCUT2D eigenvalue weighted by Crippen LogP contribution is -2.46. The minimum absolute atomic E-state index is 0.209. The molecule has 4 aliphatic rings. The molecule has 174 valence electrons. The van der Waals surface area contributed by atoms with Gasteiger partial charge in [0.15, 0.2) is 5.78 Å². The molecular weight excluding hydrogens is 436 g/mol. The number of hydrogen-bond donors (Lipinski definition) is 0. The third-order valence-corrected chi connectivity index (χ3v) is 8.02. The fourth-order valence-electron chi connectivity index (χ4n) is 6.73. The second-order valence-electron chi connectivity index (χ2n) is 11.0. The molecule has 2 aromatic rings. The zero-order valence-corrected chi connectivity index (χ0v) is 20.1. The zero-order chi connectivity index (χ0) is 23.2. The molecule has 0 unspecified atom stereocenters. The van der Waals surface area contributed by atoms with Crippen LogP contribution in [0.15, 0.2) is 48.5 Å². The first kappa shape index (κ1) is 22.5. The molecule has 4 nitrogen and oxygen atoms in total. The van der Waals surface area contributed by atoms with E-state index in [4.69, 9.17) is 21.1 Å². The van der Waals surface area contributed by atoms with Crippen LogP contribution in [0.5, 0.6) is 11.5 Å². The molecule has 4 fully saturated rings. The minimum atomic E-state index is -1.18. The summed E-state index contributed by atoms with van der Waals surface area (Å²) in [6.07, 6.45) is 8.47. The molecule has 4 saturated carbocycles. The van der Waals surface area contributed by atoms with Crippen LogP contribution in [-0.4, -0.2) is 17.4 Å². The van der Waals surface area contributed by atoms with Crippen molar-refractivity contribution in [2.75, 3.05) is 0 Å². The quantitative estimate of drug-likeness (QED) is 0.253. The first-order chi connectivity index (χ1) is 15.7. The topological polar surface area (TPSA) is 52.6 Å². The molecule has 5 heteroatoms. The van der Waals surface area contributed by atoms with Gasteiger partial charge in [0.1, 0.15) is 11.5 Å². The van der Waals surface area contributed by atoms with Crippen LogP contribution in [0.25, 0.3) is 0 Å². The maximum absolute atomic E-state index is 13.1. The number of carbonyl (C=O) groups is 2. The Bertz CT molecular complexity index is 1000. The number of esters is 1. The Labute approximate surface area is 200 Å². The molecule has 4 aliphatic carbocycles. The van der Waals surface area contributed by atoms with Crippen molar-refractivity contribution in [3.05, 3.63) is 59.1 Å². The van der Waals surface area contributed by atoms with E-state index in [1.54, 1.807) is 62.4 Å². The van der Waals surface area contributed by atoms with Gasteiger partial charge >= 0.3 is 5.97 Å². The summed E-state index contributed by atoms with van der Waals surface area (Å²) in [5, 5.41) is 0.598. The first-order valence-electron chi connectivity index (χ1n) is 12.0. The van der Waals surface area contributed by atoms with Crippen molar-refractivity contribution in [2.24, 2.45) is 23.2 Å². The van der Waals surface area contributed by atoms with Gasteiger partial charge < -0.3 is 9.47 Å². The van der Waals surface area contributed by atoms with E-state index in [0.29, 0.717) is 28.5 Å². The molecule has 33 heavy (non-hydrogen) atoms. The summed E-state index contributed by atoms with van der Waals surface area (Å²) in [5.74, 6) is 3.15. The second-order valence-corrected chi connectivity index (χ2v) is 11.4. The van der Waals surface area contributed by atoms with E-state index in [-0.39, 0.29) is 11.2 Å². The van der Waals surface area contributed by atoms with Crippen molar-refractivity contribution < 1.29 is 19.1 Å². The Morgan fingerprint density at radius 3 is 1.94 bits per heavy atom. The maximum Gasteiger partial charge on any atom is 0.355 e. The van der Waals surface area contributed by atoms with Gasteiger partial charge in [-0.05, 0) is 124 Å². The number of benzene rings is 2. The highest BCUT2D eigenvalue weighted by Crippen LogP contribution is 2.61. The minimum Gasteiger partial charge on any atom is -0.476 e. The summed E-state index contributed by atoms with van der Waals surface area (Å²) in [6, 6.07) is 13.8. The smallest absolute Gasteiger partial charge is 0.355 e. The number of Topliss-reactive ketones (excluding diaryl/α,β-unsaturated/α-hetero) is 1. The fraction of sp³-hybridized carbons (Fsp3) is 0.500. The third-order valence-electron chi connectivity index (χ3n) is 7.77. The largest absolute Gasteiger partial charge is 0.476 e. The van der Waals surface area contributed by atoms with Gasteiger partial charge in [0.2, 0.25) is 5.60 Å². The van der Waals surface area contributed by atoms with Gasteiger partial charge in [-0.1, -0.05) is 11.6 Å². The Balaban J connectivity index is 1.20. The zero-order valence-electron chi connectivity index (χ0n) is 19.3. The highest BCUT2D eigenvalue weighted by Gasteiger charge is 2.51. The number of ketones is 1. The highest BCUT2D eigenvalue weighted by molar-refractivity contribution is 6.30. The number of rotatable bonds is 7. The number of ether oxygens (including phenoxy) is 2. The van der Waals surface area contributed by atoms with Crippen LogP contribution in [0, 0.1) is 23.2 Å². The molecule has 2 aromatic carbocycles. The Morgan fingerprint density at radius 2 is 1.39 bits per heavy atom. The normalized spacial score (nSPS) is 27.9. The Kier molecular flexibility index (Phi) is 5.76. The van der Waals surface area contributed by atoms with Crippen molar-refractivity contribution in [2.45, 2.75) is 64.4 Å². The van der Waals surface area contributed by atoms with E-state index in [9.17, 15) is 9.59 Å². The number of hydrogen-bond acceptors (Lipinski definition) is 4. The van der Waals surface area contributed by atoms with E-state index < -0.39 is 11.6 Å². The third kappa shape index (κ3) is 4.82. The molecular formula is C28H31ClO4. The summed E-state index contributed by atoms with van der Waals surface area (Å²) in [6.45, 7) is 3.32. The first-order valence-corrected chi connectivity index (χ1v) is 12.4. The van der Waals surface area contributed by atoms with Crippen LogP contribution in [0.3, 0.4) is 0 Å². The van der Waals surface area contributed by atoms with Crippen molar-refractivity contribution in [1.82, 2.24) is 0 Å². The predicted octanol–water partition coefficient (Wildman–Crippen LogP) is 6.89. The van der Waals surface area contributed by atoms with Gasteiger partial charge in [0, 0.05) is 17.0 Å². The van der Waals surface area contributed by atoms with E-state index in [0.717, 1.165) is 17.8 Å². The molecule has 0 atom stereocenters. The molecule has 0 N–H and O–H groups in total. The molecule has 0 saturated heterocycles. The lowest BCUT2D eigenvalue weighted by molar-refractivity contribution is -0.149. The van der Waals surface area contributed by atoms with E-state index >= 15 is 0 Å². The van der Waals surface area contributed by atoms with Crippen molar-refractivity contribution in [3.63, 3.8) is 0 Å². The van der Waals surface area contributed by atoms with Gasteiger partial charge in [-0.15, -0.1) is 0 Å². The van der Waals surface area contributed by atoms with E-state index in [2.05, 4.69) is 0 Å². The van der Waals surface area contributed by atoms with Crippen LogP contribution in [0.1, 0.15) is 69.2 Å². The van der Waals surface area contributed by atoms with Crippen LogP contribution < -0.4 is 9.47 Å². The lowest BCUT2D eigenvalue weighted by atomic mass is 9.48. The van der Waals surface area contributed by atoms with Crippen LogP contribution >= 0.6 is 11.6 Å². The molecule has 0 spiro atoms. The van der Waals surface area contributed by atoms with Crippen molar-refractivity contribution in [3.8, 4) is 11.5 Å². The van der Waals surface area contributed by atoms with Gasteiger partial charge in [0.05, 0.1) is 0 Å². The molecule has 0 aliphatic heterocycles. The number of halogens is 1. The Morgan fingerprint density at radius 1 is 0.879 bits per heavy atom. The molecule has 6 rings (SSSR count). The Hall–Kier alpha value is -2.33. The van der Waals surface area contributed by atoms with E-state index in [1.807, 2.05) is 0 Å². The second kappa shape index (κ2) is 8.47. The van der Waals surface area contributed by atoms with Gasteiger partial charge in [-0.3, -0.25) is 4.79 Å². The molecule has 0 aromatic heterocycles. The van der Waals surface area contributed by atoms with Crippen molar-refractivity contribution >= 4 is 23.4 Å². The predicted molar refractivity (Wildman–Crippen MR) is 128 cm³/mol. The SMILES string of the molecule is CC(C)(Oc1ccc(Cl)cc1)C(=O)Oc1ccc(C(=O)CC23CC4CC(CC(C4)C2)C3)cc1. The molecule has 0 amide bonds. The molecule has 4 bridgehead atoms. The lowest BCUT2D eigenvalue weighted by Gasteiger charge is -2.56. The van der Waals surface area contributed by atoms with E-state index in [1.165, 1.54) is 38.5 Å². The van der Waals surface area contributed by atoms with Crippen LogP contribution in [0.2, 0.25) is 5.02 Å². The summed E-state index contributed by atoms with van der Waals surface area (Å²) in [7, 11) is 0. The monoisotopic (exact) mass is 466 g/mol. The van der Waals surface area contributed by atoms with Crippen LogP contribution in [0.4, 0.5) is 0 Å². The summed E-state index contributed by atoms with van der Waals surface area (Å²) in [5.41, 5.74) is -0.261.